The van der Waals surface area contributed by atoms with Crippen molar-refractivity contribution >= 4 is 17.5 Å². The van der Waals surface area contributed by atoms with Crippen molar-refractivity contribution < 1.29 is 23.1 Å². The van der Waals surface area contributed by atoms with Crippen molar-refractivity contribution in [3.8, 4) is 17.1 Å². The molecule has 2 atom stereocenters. The zero-order valence-corrected chi connectivity index (χ0v) is 21.7. The van der Waals surface area contributed by atoms with E-state index >= 15 is 0 Å². The number of halogens is 4. The Hall–Kier alpha value is -3.97. The molecule has 4 aromatic rings. The summed E-state index contributed by atoms with van der Waals surface area (Å²) in [5.41, 5.74) is 0.240. The molecule has 2 aromatic heterocycles. The van der Waals surface area contributed by atoms with Crippen molar-refractivity contribution in [3.63, 3.8) is 0 Å². The van der Waals surface area contributed by atoms with Gasteiger partial charge in [-0.15, -0.1) is 10.2 Å². The number of rotatable bonds is 9. The van der Waals surface area contributed by atoms with Gasteiger partial charge < -0.3 is 10.4 Å². The summed E-state index contributed by atoms with van der Waals surface area (Å²) in [5.74, 6) is -0.257. The second-order valence-electron chi connectivity index (χ2n) is 8.84. The lowest BCUT2D eigenvalue weighted by atomic mass is 10.1. The molecule has 2 unspecified atom stereocenters. The molecule has 0 radical (unpaired) electrons. The van der Waals surface area contributed by atoms with Gasteiger partial charge in [-0.05, 0) is 49.7 Å². The van der Waals surface area contributed by atoms with E-state index in [-0.39, 0.29) is 30.1 Å². The largest absolute Gasteiger partial charge is 0.416 e. The van der Waals surface area contributed by atoms with Crippen LogP contribution < -0.4 is 11.0 Å². The van der Waals surface area contributed by atoms with Crippen LogP contribution in [-0.2, 0) is 13.1 Å². The molecule has 0 bridgehead atoms. The van der Waals surface area contributed by atoms with Gasteiger partial charge in [-0.1, -0.05) is 30.7 Å². The fourth-order valence-corrected chi connectivity index (χ4v) is 3.81. The molecule has 0 aliphatic rings. The maximum atomic E-state index is 13.1. The van der Waals surface area contributed by atoms with Gasteiger partial charge in [0.15, 0.2) is 17.8 Å². The number of aliphatic hydroxyl groups is 1. The summed E-state index contributed by atoms with van der Waals surface area (Å²) < 4.78 is 42.3. The van der Waals surface area contributed by atoms with Crippen molar-refractivity contribution in [2.24, 2.45) is 0 Å². The number of carbonyl (C=O) groups is 1. The van der Waals surface area contributed by atoms with Gasteiger partial charge in [0.2, 0.25) is 0 Å². The van der Waals surface area contributed by atoms with Crippen LogP contribution in [0.3, 0.4) is 0 Å². The molecule has 0 aliphatic carbocycles. The summed E-state index contributed by atoms with van der Waals surface area (Å²) in [4.78, 5) is 30.1. The minimum atomic E-state index is -4.94. The van der Waals surface area contributed by atoms with Crippen molar-refractivity contribution in [1.82, 2.24) is 34.4 Å². The number of nitrogens with one attached hydrogen (secondary N) is 1. The Morgan fingerprint density at radius 2 is 1.82 bits per heavy atom. The van der Waals surface area contributed by atoms with E-state index in [0.717, 1.165) is 15.7 Å². The highest BCUT2D eigenvalue weighted by Gasteiger charge is 2.39. The monoisotopic (exact) mass is 563 g/mol. The van der Waals surface area contributed by atoms with E-state index in [1.807, 2.05) is 13.8 Å². The number of hydrogen-bond donors (Lipinski definition) is 2. The minimum Gasteiger partial charge on any atom is -0.382 e. The Labute approximate surface area is 225 Å². The average molecular weight is 564 g/mol. The maximum Gasteiger partial charge on any atom is 0.416 e. The summed E-state index contributed by atoms with van der Waals surface area (Å²) in [5, 5.41) is 21.5. The van der Waals surface area contributed by atoms with Gasteiger partial charge in [0.25, 0.3) is 5.91 Å². The van der Waals surface area contributed by atoms with Crippen LogP contribution in [0.5, 0.6) is 0 Å². The molecule has 0 spiro atoms. The van der Waals surface area contributed by atoms with Crippen molar-refractivity contribution in [1.29, 1.82) is 0 Å². The molecule has 0 saturated heterocycles. The topological polar surface area (TPSA) is 120 Å². The Morgan fingerprint density at radius 3 is 2.49 bits per heavy atom. The second-order valence-corrected chi connectivity index (χ2v) is 9.28. The Morgan fingerprint density at radius 1 is 1.13 bits per heavy atom. The van der Waals surface area contributed by atoms with Gasteiger partial charge in [0.05, 0.1) is 17.8 Å². The van der Waals surface area contributed by atoms with Crippen molar-refractivity contribution in [2.45, 2.75) is 51.7 Å². The normalized spacial score (nSPS) is 13.3. The van der Waals surface area contributed by atoms with Gasteiger partial charge in [0.1, 0.15) is 12.9 Å². The van der Waals surface area contributed by atoms with Crippen molar-refractivity contribution in [2.75, 3.05) is 0 Å². The zero-order chi connectivity index (χ0) is 28.3. The molecule has 4 rings (SSSR count). The maximum absolute atomic E-state index is 13.1. The highest BCUT2D eigenvalue weighted by atomic mass is 35.5. The highest BCUT2D eigenvalue weighted by Crippen LogP contribution is 2.24. The lowest BCUT2D eigenvalue weighted by molar-refractivity contribution is -0.207. The quantitative estimate of drug-likeness (QED) is 0.322. The van der Waals surface area contributed by atoms with Gasteiger partial charge in [-0.3, -0.25) is 9.36 Å². The molecule has 2 N–H and O–H groups in total. The van der Waals surface area contributed by atoms with Crippen LogP contribution >= 0.6 is 11.6 Å². The molecule has 0 saturated carbocycles. The van der Waals surface area contributed by atoms with E-state index < -0.39 is 24.5 Å². The number of carbonyl (C=O) groups excluding carboxylic acids is 1. The first-order valence-corrected chi connectivity index (χ1v) is 12.3. The molecule has 2 aromatic carbocycles. The number of para-hydroxylation sites is 1. The van der Waals surface area contributed by atoms with Crippen LogP contribution in [0.1, 0.15) is 36.5 Å². The number of aliphatic hydroxyl groups excluding tert-OH is 1. The van der Waals surface area contributed by atoms with Gasteiger partial charge in [0, 0.05) is 16.6 Å². The standard InChI is InChI=1S/C25H25ClF3N7O3/c1-3-15(2)31-23(38)18-6-4-5-7-19(18)36-14-30-21(32-36)13-35-24(39)34(12-20(37)25(27,28)29)22(33-35)16-8-10-17(26)11-9-16/h4-11,14-15,20,37H,3,12-13H2,1-2H3,(H,31,38). The molecule has 2 heterocycles. The van der Waals surface area contributed by atoms with Gasteiger partial charge in [-0.25, -0.2) is 19.1 Å². The summed E-state index contributed by atoms with van der Waals surface area (Å²) in [6, 6.07) is 12.7. The first-order chi connectivity index (χ1) is 18.5. The number of nitrogens with zero attached hydrogens (tertiary/aromatic N) is 6. The second kappa shape index (κ2) is 11.4. The van der Waals surface area contributed by atoms with Gasteiger partial charge in [-0.2, -0.15) is 13.2 Å². The van der Waals surface area contributed by atoms with Crippen LogP contribution in [0.25, 0.3) is 17.1 Å². The van der Waals surface area contributed by atoms with E-state index in [2.05, 4.69) is 20.5 Å². The molecule has 206 valence electrons. The Balaban J connectivity index is 1.67. The summed E-state index contributed by atoms with van der Waals surface area (Å²) in [7, 11) is 0. The van der Waals surface area contributed by atoms with E-state index in [4.69, 9.17) is 11.6 Å². The molecule has 1 amide bonds. The van der Waals surface area contributed by atoms with Crippen LogP contribution in [0.2, 0.25) is 5.02 Å². The van der Waals surface area contributed by atoms with Crippen LogP contribution in [-0.4, -0.2) is 58.4 Å². The smallest absolute Gasteiger partial charge is 0.382 e. The van der Waals surface area contributed by atoms with E-state index in [9.17, 15) is 27.9 Å². The van der Waals surface area contributed by atoms with Gasteiger partial charge >= 0.3 is 11.9 Å². The third-order valence-corrected chi connectivity index (χ3v) is 6.23. The highest BCUT2D eigenvalue weighted by molar-refractivity contribution is 6.30. The van der Waals surface area contributed by atoms with Crippen molar-refractivity contribution in [3.05, 3.63) is 81.8 Å². The Kier molecular flexibility index (Phi) is 8.21. The number of benzene rings is 2. The number of amides is 1. The molecule has 0 aliphatic heterocycles. The predicted octanol–water partition coefficient (Wildman–Crippen LogP) is 3.45. The minimum absolute atomic E-state index is 0.0375. The van der Waals surface area contributed by atoms with E-state index in [1.54, 1.807) is 24.3 Å². The SMILES string of the molecule is CCC(C)NC(=O)c1ccccc1-n1cnc(Cn2nc(-c3ccc(Cl)cc3)n(CC(O)C(F)(F)F)c2=O)n1. The zero-order valence-electron chi connectivity index (χ0n) is 20.9. The third kappa shape index (κ3) is 6.37. The Bertz CT molecular complexity index is 1510. The average Bonchev–Trinajstić information content (AvgIpc) is 3.49. The number of hydrogen-bond acceptors (Lipinski definition) is 6. The molecular weight excluding hydrogens is 539 g/mol. The number of aromatic nitrogens is 6. The molecule has 0 fully saturated rings. The van der Waals surface area contributed by atoms with E-state index in [1.165, 1.54) is 35.3 Å². The summed E-state index contributed by atoms with van der Waals surface area (Å²) in [6.45, 7) is 2.51. The fourth-order valence-electron chi connectivity index (χ4n) is 3.69. The predicted molar refractivity (Wildman–Crippen MR) is 137 cm³/mol. The third-order valence-electron chi connectivity index (χ3n) is 5.97. The number of alkyl halides is 3. The first kappa shape index (κ1) is 28.0. The van der Waals surface area contributed by atoms with Crippen LogP contribution in [0.4, 0.5) is 13.2 Å². The fraction of sp³-hybridized carbons (Fsp3) is 0.320. The summed E-state index contributed by atoms with van der Waals surface area (Å²) >= 11 is 5.92. The van der Waals surface area contributed by atoms with Crippen LogP contribution in [0, 0.1) is 0 Å². The first-order valence-electron chi connectivity index (χ1n) is 12.0. The lowest BCUT2D eigenvalue weighted by Crippen LogP contribution is -2.37. The van der Waals surface area contributed by atoms with Crippen LogP contribution in [0.15, 0.2) is 59.7 Å². The summed E-state index contributed by atoms with van der Waals surface area (Å²) in [6.07, 6.45) is -5.61. The molecular formula is C25H25ClF3N7O3. The molecule has 39 heavy (non-hydrogen) atoms. The lowest BCUT2D eigenvalue weighted by Gasteiger charge is -2.15. The molecule has 14 heteroatoms. The van der Waals surface area contributed by atoms with E-state index in [0.29, 0.717) is 21.8 Å². The molecule has 10 nitrogen and oxygen atoms in total.